The number of aromatic nitrogens is 2. The molecule has 1 saturated heterocycles. The molecule has 0 spiro atoms. The van der Waals surface area contributed by atoms with Crippen molar-refractivity contribution in [3.05, 3.63) is 28.2 Å². The van der Waals surface area contributed by atoms with Crippen LogP contribution in [0.15, 0.2) is 16.9 Å². The molecule has 1 aliphatic heterocycles. The maximum absolute atomic E-state index is 12.3. The van der Waals surface area contributed by atoms with E-state index in [-0.39, 0.29) is 22.4 Å². The minimum atomic E-state index is -0.213. The lowest BCUT2D eigenvalue weighted by atomic mass is 9.65. The Bertz CT molecular complexity index is 558. The van der Waals surface area contributed by atoms with Crippen LogP contribution < -0.4 is 5.56 Å². The van der Waals surface area contributed by atoms with Gasteiger partial charge in [-0.1, -0.05) is 13.8 Å². The number of likely N-dealkylation sites (tertiary alicyclic amines) is 1. The molecule has 0 saturated carbocycles. The van der Waals surface area contributed by atoms with Gasteiger partial charge >= 0.3 is 0 Å². The Kier molecular flexibility index (Phi) is 2.61. The average molecular weight is 249 g/mol. The van der Waals surface area contributed by atoms with Crippen molar-refractivity contribution in [2.45, 2.75) is 33.2 Å². The summed E-state index contributed by atoms with van der Waals surface area (Å²) < 4.78 is 1.19. The Hall–Kier alpha value is -1.65. The third kappa shape index (κ3) is 1.65. The smallest absolute Gasteiger partial charge is 0.274 e. The molecular weight excluding hydrogens is 230 g/mol. The second-order valence-electron chi connectivity index (χ2n) is 6.01. The fourth-order valence-electron chi connectivity index (χ4n) is 2.14. The van der Waals surface area contributed by atoms with Crippen molar-refractivity contribution >= 4 is 5.91 Å². The number of amides is 1. The number of rotatable bonds is 1. The number of hydrogen-bond donors (Lipinski definition) is 0. The Morgan fingerprint density at radius 1 is 1.28 bits per heavy atom. The zero-order valence-electron chi connectivity index (χ0n) is 11.5. The molecule has 0 radical (unpaired) electrons. The number of carbonyl (C=O) groups excluding carboxylic acids is 1. The molecular formula is C13H19N3O2. The molecule has 2 rings (SSSR count). The molecule has 1 fully saturated rings. The van der Waals surface area contributed by atoms with Crippen molar-refractivity contribution in [2.24, 2.45) is 12.5 Å². The topological polar surface area (TPSA) is 55.2 Å². The van der Waals surface area contributed by atoms with Gasteiger partial charge in [0.05, 0.1) is 0 Å². The summed E-state index contributed by atoms with van der Waals surface area (Å²) in [6.07, 6.45) is 0. The summed E-state index contributed by atoms with van der Waals surface area (Å²) in [5.74, 6) is -0.116. The summed E-state index contributed by atoms with van der Waals surface area (Å²) in [4.78, 5) is 25.4. The third-order valence-electron chi connectivity index (χ3n) is 4.31. The molecule has 0 unspecified atom stereocenters. The van der Waals surface area contributed by atoms with E-state index in [1.807, 2.05) is 0 Å². The Morgan fingerprint density at radius 3 is 2.33 bits per heavy atom. The number of hydrogen-bond acceptors (Lipinski definition) is 3. The minimum Gasteiger partial charge on any atom is -0.331 e. The van der Waals surface area contributed by atoms with Gasteiger partial charge in [-0.15, -0.1) is 0 Å². The first-order valence-corrected chi connectivity index (χ1v) is 6.03. The summed E-state index contributed by atoms with van der Waals surface area (Å²) in [7, 11) is 1.55. The number of carbonyl (C=O) groups is 1. The largest absolute Gasteiger partial charge is 0.331 e. The van der Waals surface area contributed by atoms with Crippen molar-refractivity contribution in [3.63, 3.8) is 0 Å². The van der Waals surface area contributed by atoms with Crippen LogP contribution in [0.4, 0.5) is 0 Å². The highest BCUT2D eigenvalue weighted by atomic mass is 16.2. The van der Waals surface area contributed by atoms with E-state index >= 15 is 0 Å². The van der Waals surface area contributed by atoms with E-state index < -0.39 is 0 Å². The SMILES string of the molecule is Cn1nc(C(=O)N2CC(C)(C)C2(C)C)ccc1=O. The molecule has 0 atom stereocenters. The highest BCUT2D eigenvalue weighted by Gasteiger charge is 2.54. The molecule has 1 aromatic heterocycles. The first-order chi connectivity index (χ1) is 8.17. The van der Waals surface area contributed by atoms with Crippen LogP contribution in [0.1, 0.15) is 38.2 Å². The van der Waals surface area contributed by atoms with Crippen LogP contribution in [-0.2, 0) is 7.05 Å². The molecule has 0 N–H and O–H groups in total. The van der Waals surface area contributed by atoms with Crippen molar-refractivity contribution < 1.29 is 4.79 Å². The van der Waals surface area contributed by atoms with Gasteiger partial charge in [0, 0.05) is 30.6 Å². The molecule has 1 aromatic rings. The van der Waals surface area contributed by atoms with Crippen molar-refractivity contribution in [2.75, 3.05) is 6.54 Å². The average Bonchev–Trinajstić information content (AvgIpc) is 2.29. The first kappa shape index (κ1) is 12.8. The van der Waals surface area contributed by atoms with E-state index in [0.29, 0.717) is 12.2 Å². The molecule has 0 aliphatic carbocycles. The predicted molar refractivity (Wildman–Crippen MR) is 68.4 cm³/mol. The van der Waals surface area contributed by atoms with Gasteiger partial charge in [0.25, 0.3) is 11.5 Å². The Labute approximate surface area is 106 Å². The van der Waals surface area contributed by atoms with Crippen molar-refractivity contribution in [3.8, 4) is 0 Å². The molecule has 0 aromatic carbocycles. The van der Waals surface area contributed by atoms with Gasteiger partial charge in [0.1, 0.15) is 5.69 Å². The van der Waals surface area contributed by atoms with E-state index in [9.17, 15) is 9.59 Å². The first-order valence-electron chi connectivity index (χ1n) is 6.03. The van der Waals surface area contributed by atoms with Gasteiger partial charge in [-0.25, -0.2) is 4.68 Å². The van der Waals surface area contributed by atoms with E-state index in [4.69, 9.17) is 0 Å². The van der Waals surface area contributed by atoms with Crippen LogP contribution in [0.25, 0.3) is 0 Å². The zero-order chi connectivity index (χ0) is 13.7. The second-order valence-corrected chi connectivity index (χ2v) is 6.01. The van der Waals surface area contributed by atoms with Crippen LogP contribution >= 0.6 is 0 Å². The van der Waals surface area contributed by atoms with E-state index in [1.54, 1.807) is 11.9 Å². The molecule has 5 heteroatoms. The predicted octanol–water partition coefficient (Wildman–Crippen LogP) is 1.04. The van der Waals surface area contributed by atoms with Gasteiger partial charge in [-0.3, -0.25) is 9.59 Å². The van der Waals surface area contributed by atoms with Gasteiger partial charge < -0.3 is 4.90 Å². The number of nitrogens with zero attached hydrogens (tertiary/aromatic N) is 3. The normalized spacial score (nSPS) is 20.4. The second kappa shape index (κ2) is 3.67. The maximum atomic E-state index is 12.3. The van der Waals surface area contributed by atoms with Gasteiger partial charge in [-0.05, 0) is 19.9 Å². The summed E-state index contributed by atoms with van der Waals surface area (Å²) in [6, 6.07) is 2.87. The fourth-order valence-corrected chi connectivity index (χ4v) is 2.14. The molecule has 5 nitrogen and oxygen atoms in total. The number of aryl methyl sites for hydroxylation is 1. The lowest BCUT2D eigenvalue weighted by Crippen LogP contribution is -2.70. The summed E-state index contributed by atoms with van der Waals surface area (Å²) in [6.45, 7) is 9.10. The van der Waals surface area contributed by atoms with Crippen LogP contribution in [0.2, 0.25) is 0 Å². The minimum absolute atomic E-state index is 0.101. The summed E-state index contributed by atoms with van der Waals surface area (Å²) >= 11 is 0. The molecule has 2 heterocycles. The van der Waals surface area contributed by atoms with E-state index in [1.165, 1.54) is 16.8 Å². The van der Waals surface area contributed by atoms with Crippen LogP contribution in [-0.4, -0.2) is 32.7 Å². The van der Waals surface area contributed by atoms with Crippen molar-refractivity contribution in [1.29, 1.82) is 0 Å². The van der Waals surface area contributed by atoms with E-state index in [2.05, 4.69) is 32.8 Å². The lowest BCUT2D eigenvalue weighted by Gasteiger charge is -2.61. The third-order valence-corrected chi connectivity index (χ3v) is 4.31. The molecule has 1 amide bonds. The maximum Gasteiger partial charge on any atom is 0.274 e. The highest BCUT2D eigenvalue weighted by Crippen LogP contribution is 2.46. The monoisotopic (exact) mass is 249 g/mol. The highest BCUT2D eigenvalue weighted by molar-refractivity contribution is 5.93. The van der Waals surface area contributed by atoms with E-state index in [0.717, 1.165) is 0 Å². The van der Waals surface area contributed by atoms with Gasteiger partial charge in [0.15, 0.2) is 0 Å². The van der Waals surface area contributed by atoms with Gasteiger partial charge in [0.2, 0.25) is 0 Å². The van der Waals surface area contributed by atoms with Crippen LogP contribution in [0.3, 0.4) is 0 Å². The van der Waals surface area contributed by atoms with Crippen molar-refractivity contribution in [1.82, 2.24) is 14.7 Å². The molecule has 0 bridgehead atoms. The molecule has 1 aliphatic rings. The summed E-state index contributed by atoms with van der Waals surface area (Å²) in [5.41, 5.74) is 0.0134. The van der Waals surface area contributed by atoms with Crippen LogP contribution in [0, 0.1) is 5.41 Å². The quantitative estimate of drug-likeness (QED) is 0.747. The molecule has 18 heavy (non-hydrogen) atoms. The Balaban J connectivity index is 2.29. The lowest BCUT2D eigenvalue weighted by molar-refractivity contribution is -0.0885. The Morgan fingerprint density at radius 2 is 1.89 bits per heavy atom. The standard InChI is InChI=1S/C13H19N3O2/c1-12(2)8-16(13(12,3)4)11(18)9-6-7-10(17)15(5)14-9/h6-7H,8H2,1-5H3. The zero-order valence-corrected chi connectivity index (χ0v) is 11.5. The summed E-state index contributed by atoms with van der Waals surface area (Å²) in [5, 5.41) is 4.00. The van der Waals surface area contributed by atoms with Gasteiger partial charge in [-0.2, -0.15) is 5.10 Å². The fraction of sp³-hybridized carbons (Fsp3) is 0.615. The van der Waals surface area contributed by atoms with Crippen LogP contribution in [0.5, 0.6) is 0 Å². The molecule has 98 valence electrons.